The lowest BCUT2D eigenvalue weighted by Crippen LogP contribution is -2.12. The van der Waals surface area contributed by atoms with E-state index >= 15 is 0 Å². The van der Waals surface area contributed by atoms with Crippen LogP contribution in [-0.2, 0) is 22.7 Å². The molecule has 0 aliphatic heterocycles. The van der Waals surface area contributed by atoms with Gasteiger partial charge in [0.15, 0.2) is 0 Å². The Hall–Kier alpha value is -2.17. The van der Waals surface area contributed by atoms with Crippen molar-refractivity contribution in [2.75, 3.05) is 19.5 Å². The molecule has 4 heteroatoms. The molecule has 0 radical (unpaired) electrons. The van der Waals surface area contributed by atoms with E-state index in [0.717, 1.165) is 16.8 Å². The minimum Gasteiger partial charge on any atom is -0.380 e. The molecule has 1 amide bonds. The molecule has 0 aliphatic rings. The highest BCUT2D eigenvalue weighted by Crippen LogP contribution is 2.13. The van der Waals surface area contributed by atoms with Crippen LogP contribution >= 0.6 is 0 Å². The predicted octanol–water partition coefficient (Wildman–Crippen LogP) is 3.23. The third kappa shape index (κ3) is 4.41. The van der Waals surface area contributed by atoms with E-state index < -0.39 is 0 Å². The van der Waals surface area contributed by atoms with Crippen molar-refractivity contribution in [1.29, 1.82) is 0 Å². The summed E-state index contributed by atoms with van der Waals surface area (Å²) in [5, 5.41) is 2.88. The molecule has 4 nitrogen and oxygen atoms in total. The number of benzene rings is 2. The van der Waals surface area contributed by atoms with Gasteiger partial charge < -0.3 is 14.8 Å². The van der Waals surface area contributed by atoms with Crippen LogP contribution in [-0.4, -0.2) is 20.1 Å². The van der Waals surface area contributed by atoms with Gasteiger partial charge in [-0.25, -0.2) is 0 Å². The molecule has 0 unspecified atom stereocenters. The minimum absolute atomic E-state index is 0.131. The Morgan fingerprint density at radius 3 is 2.29 bits per heavy atom. The summed E-state index contributed by atoms with van der Waals surface area (Å²) in [6.07, 6.45) is 0. The normalized spacial score (nSPS) is 10.4. The van der Waals surface area contributed by atoms with Crippen LogP contribution in [0.25, 0.3) is 0 Å². The molecule has 0 saturated heterocycles. The lowest BCUT2D eigenvalue weighted by Gasteiger charge is -2.08. The van der Waals surface area contributed by atoms with Crippen molar-refractivity contribution in [2.45, 2.75) is 13.2 Å². The number of methoxy groups -OCH3 is 2. The lowest BCUT2D eigenvalue weighted by molar-refractivity contribution is 0.102. The van der Waals surface area contributed by atoms with Gasteiger partial charge in [-0.15, -0.1) is 0 Å². The van der Waals surface area contributed by atoms with Crippen LogP contribution in [0.2, 0.25) is 0 Å². The molecule has 110 valence electrons. The van der Waals surface area contributed by atoms with Crippen LogP contribution in [0.4, 0.5) is 5.69 Å². The Morgan fingerprint density at radius 1 is 0.952 bits per heavy atom. The number of carbonyl (C=O) groups excluding carboxylic acids is 1. The second-order valence-electron chi connectivity index (χ2n) is 4.72. The summed E-state index contributed by atoms with van der Waals surface area (Å²) in [6.45, 7) is 1.07. The third-order valence-corrected chi connectivity index (χ3v) is 3.02. The zero-order valence-electron chi connectivity index (χ0n) is 12.3. The molecule has 21 heavy (non-hydrogen) atoms. The Balaban J connectivity index is 2.05. The van der Waals surface area contributed by atoms with Gasteiger partial charge in [-0.3, -0.25) is 4.79 Å². The van der Waals surface area contributed by atoms with Crippen LogP contribution in [0.15, 0.2) is 48.5 Å². The molecule has 2 aromatic rings. The maximum Gasteiger partial charge on any atom is 0.255 e. The Bertz CT molecular complexity index is 593. The molecule has 0 atom stereocenters. The monoisotopic (exact) mass is 285 g/mol. The van der Waals surface area contributed by atoms with Gasteiger partial charge in [-0.1, -0.05) is 24.3 Å². The first-order chi connectivity index (χ1) is 10.2. The fourth-order valence-corrected chi connectivity index (χ4v) is 2.03. The molecule has 0 saturated carbocycles. The number of nitrogens with one attached hydrogen (secondary N) is 1. The number of amides is 1. The summed E-state index contributed by atoms with van der Waals surface area (Å²) >= 11 is 0. The van der Waals surface area contributed by atoms with Crippen LogP contribution in [0.3, 0.4) is 0 Å². The van der Waals surface area contributed by atoms with E-state index in [1.807, 2.05) is 36.4 Å². The van der Waals surface area contributed by atoms with Crippen molar-refractivity contribution < 1.29 is 14.3 Å². The summed E-state index contributed by atoms with van der Waals surface area (Å²) in [7, 11) is 3.29. The first-order valence-electron chi connectivity index (χ1n) is 6.70. The smallest absolute Gasteiger partial charge is 0.255 e. The average Bonchev–Trinajstić information content (AvgIpc) is 2.49. The topological polar surface area (TPSA) is 47.6 Å². The summed E-state index contributed by atoms with van der Waals surface area (Å²) < 4.78 is 10.1. The highest BCUT2D eigenvalue weighted by molar-refractivity contribution is 6.04. The van der Waals surface area contributed by atoms with Gasteiger partial charge >= 0.3 is 0 Å². The van der Waals surface area contributed by atoms with Gasteiger partial charge in [0, 0.05) is 25.5 Å². The third-order valence-electron chi connectivity index (χ3n) is 3.02. The zero-order valence-corrected chi connectivity index (χ0v) is 12.3. The Morgan fingerprint density at radius 2 is 1.62 bits per heavy atom. The second kappa shape index (κ2) is 7.57. The number of anilines is 1. The first-order valence-corrected chi connectivity index (χ1v) is 6.70. The quantitative estimate of drug-likeness (QED) is 0.886. The number of rotatable bonds is 6. The van der Waals surface area contributed by atoms with Crippen molar-refractivity contribution in [2.24, 2.45) is 0 Å². The molecule has 0 spiro atoms. The van der Waals surface area contributed by atoms with Crippen molar-refractivity contribution in [3.63, 3.8) is 0 Å². The van der Waals surface area contributed by atoms with E-state index in [1.54, 1.807) is 26.4 Å². The van der Waals surface area contributed by atoms with Crippen molar-refractivity contribution in [1.82, 2.24) is 0 Å². The Labute approximate surface area is 124 Å². The standard InChI is InChI=1S/C17H19NO3/c1-20-11-13-6-8-15(9-7-13)17(19)18-16-5-3-4-14(10-16)12-21-2/h3-10H,11-12H2,1-2H3,(H,18,19). The fourth-order valence-electron chi connectivity index (χ4n) is 2.03. The molecule has 0 heterocycles. The van der Waals surface area contributed by atoms with Gasteiger partial charge in [0.1, 0.15) is 0 Å². The molecule has 1 N–H and O–H groups in total. The molecule has 0 bridgehead atoms. The van der Waals surface area contributed by atoms with E-state index in [0.29, 0.717) is 18.8 Å². The molecule has 0 fully saturated rings. The SMILES string of the molecule is COCc1ccc(C(=O)Nc2cccc(COC)c2)cc1. The summed E-state index contributed by atoms with van der Waals surface area (Å²) in [6, 6.07) is 15.0. The summed E-state index contributed by atoms with van der Waals surface area (Å²) in [5.74, 6) is -0.131. The molecule has 2 rings (SSSR count). The minimum atomic E-state index is -0.131. The number of carbonyl (C=O) groups is 1. The van der Waals surface area contributed by atoms with Gasteiger partial charge in [0.2, 0.25) is 0 Å². The maximum absolute atomic E-state index is 12.2. The number of hydrogen-bond acceptors (Lipinski definition) is 3. The van der Waals surface area contributed by atoms with Gasteiger partial charge in [0.05, 0.1) is 13.2 Å². The molecule has 0 aromatic heterocycles. The maximum atomic E-state index is 12.2. The Kier molecular flexibility index (Phi) is 5.49. The summed E-state index contributed by atoms with van der Waals surface area (Å²) in [4.78, 5) is 12.2. The van der Waals surface area contributed by atoms with Gasteiger partial charge in [-0.2, -0.15) is 0 Å². The highest BCUT2D eigenvalue weighted by atomic mass is 16.5. The zero-order chi connectivity index (χ0) is 15.1. The predicted molar refractivity (Wildman–Crippen MR) is 82.3 cm³/mol. The second-order valence-corrected chi connectivity index (χ2v) is 4.72. The first kappa shape index (κ1) is 15.2. The van der Waals surface area contributed by atoms with Crippen LogP contribution < -0.4 is 5.32 Å². The van der Waals surface area contributed by atoms with Gasteiger partial charge in [0.25, 0.3) is 5.91 Å². The molecule has 0 aliphatic carbocycles. The van der Waals surface area contributed by atoms with E-state index in [-0.39, 0.29) is 5.91 Å². The van der Waals surface area contributed by atoms with E-state index in [9.17, 15) is 4.79 Å². The lowest BCUT2D eigenvalue weighted by atomic mass is 10.1. The van der Waals surface area contributed by atoms with Gasteiger partial charge in [-0.05, 0) is 35.4 Å². The largest absolute Gasteiger partial charge is 0.380 e. The highest BCUT2D eigenvalue weighted by Gasteiger charge is 2.06. The van der Waals surface area contributed by atoms with Crippen LogP contribution in [0.1, 0.15) is 21.5 Å². The van der Waals surface area contributed by atoms with Crippen LogP contribution in [0, 0.1) is 0 Å². The summed E-state index contributed by atoms with van der Waals surface area (Å²) in [5.41, 5.74) is 3.43. The molecule has 2 aromatic carbocycles. The fraction of sp³-hybridized carbons (Fsp3) is 0.235. The number of ether oxygens (including phenoxy) is 2. The van der Waals surface area contributed by atoms with Crippen LogP contribution in [0.5, 0.6) is 0 Å². The van der Waals surface area contributed by atoms with E-state index in [1.165, 1.54) is 0 Å². The average molecular weight is 285 g/mol. The molecular formula is C17H19NO3. The van der Waals surface area contributed by atoms with E-state index in [2.05, 4.69) is 5.32 Å². The number of hydrogen-bond donors (Lipinski definition) is 1. The van der Waals surface area contributed by atoms with Crippen molar-refractivity contribution in [3.8, 4) is 0 Å². The van der Waals surface area contributed by atoms with E-state index in [4.69, 9.17) is 9.47 Å². The van der Waals surface area contributed by atoms with Crippen molar-refractivity contribution in [3.05, 3.63) is 65.2 Å². The van der Waals surface area contributed by atoms with Crippen molar-refractivity contribution >= 4 is 11.6 Å². The molecular weight excluding hydrogens is 266 g/mol.